The number of benzene rings is 2. The molecule has 0 radical (unpaired) electrons. The summed E-state index contributed by atoms with van der Waals surface area (Å²) < 4.78 is 11.5. The summed E-state index contributed by atoms with van der Waals surface area (Å²) in [5.74, 6) is -0.650. The molecule has 1 spiro atoms. The fourth-order valence-corrected chi connectivity index (χ4v) is 11.3. The molecule has 11 heteroatoms. The number of carbonyl (C=O) groups is 3. The first kappa shape index (κ1) is 35.6. The molecule has 11 nitrogen and oxygen atoms in total. The number of ketones is 1. The number of esters is 1. The maximum absolute atomic E-state index is 14.2. The van der Waals surface area contributed by atoms with Crippen LogP contribution in [0.2, 0.25) is 0 Å². The standard InChI is InChI=1S/C42H50N4O7/c1-6-25-19-26(48)20-30(35-28(13-17-45(23-25)24-47)27-11-8-9-12-32(27)43-35)29-21-31-33(22-34(29)52-4)44(3)37-41(31)15-18-46-16-10-14-40(7-2,36(41)46)38(49)42(37,51)39(50)53-5/h8-12,14,21-24,30,36-38,43,49,51H,6-7,13,15-20H2,1-5H3/b25-23-. The van der Waals surface area contributed by atoms with E-state index in [-0.39, 0.29) is 24.7 Å². The molecule has 0 bridgehead atoms. The molecule has 7 atom stereocenters. The average molecular weight is 723 g/mol. The highest BCUT2D eigenvalue weighted by Gasteiger charge is 2.79. The molecule has 7 unspecified atom stereocenters. The largest absolute Gasteiger partial charge is 0.496 e. The SMILES string of the molecule is CC/C1=C/N(C=O)CCc2c([nH]c3ccccc23)C(c2cc3c(cc2OC)N(C)C2C(O)(C(=O)OC)C(O)C4(CC)C=CCN5CCC32C54)CC(=O)C1. The van der Waals surface area contributed by atoms with Crippen LogP contribution in [-0.4, -0.2) is 108 Å². The zero-order valence-corrected chi connectivity index (χ0v) is 31.2. The van der Waals surface area contributed by atoms with Crippen LogP contribution in [0.4, 0.5) is 5.69 Å². The first-order valence-electron chi connectivity index (χ1n) is 18.9. The number of amides is 1. The lowest BCUT2D eigenvalue weighted by Gasteiger charge is -2.63. The second-order valence-electron chi connectivity index (χ2n) is 15.7. The Labute approximate surface area is 310 Å². The van der Waals surface area contributed by atoms with E-state index >= 15 is 0 Å². The van der Waals surface area contributed by atoms with E-state index in [1.165, 1.54) is 7.11 Å². The highest BCUT2D eigenvalue weighted by atomic mass is 16.5. The molecular formula is C42H50N4O7. The number of hydrogen-bond acceptors (Lipinski definition) is 9. The smallest absolute Gasteiger partial charge is 0.342 e. The minimum absolute atomic E-state index is 0.0477. The molecule has 2 fully saturated rings. The van der Waals surface area contributed by atoms with Gasteiger partial charge in [0.15, 0.2) is 0 Å². The summed E-state index contributed by atoms with van der Waals surface area (Å²) in [6.45, 7) is 5.89. The molecule has 5 heterocycles. The number of ether oxygens (including phenoxy) is 2. The third-order valence-electron chi connectivity index (χ3n) is 13.5. The van der Waals surface area contributed by atoms with Gasteiger partial charge in [-0.3, -0.25) is 14.5 Å². The number of Topliss-reactive ketones (excluding diaryl/α,β-unsaturated/α-hetero) is 1. The molecule has 1 amide bonds. The van der Waals surface area contributed by atoms with E-state index in [9.17, 15) is 24.6 Å². The highest BCUT2D eigenvalue weighted by Crippen LogP contribution is 2.67. The number of para-hydroxylation sites is 1. The molecule has 5 aliphatic rings. The maximum Gasteiger partial charge on any atom is 0.342 e. The summed E-state index contributed by atoms with van der Waals surface area (Å²) in [6, 6.07) is 11.2. The minimum atomic E-state index is -2.25. The van der Waals surface area contributed by atoms with E-state index in [4.69, 9.17) is 9.47 Å². The summed E-state index contributed by atoms with van der Waals surface area (Å²) in [6.07, 6.45) is 8.10. The Balaban J connectivity index is 1.38. The number of aromatic amines is 1. The zero-order valence-electron chi connectivity index (χ0n) is 31.2. The summed E-state index contributed by atoms with van der Waals surface area (Å²) in [4.78, 5) is 50.0. The van der Waals surface area contributed by atoms with Crippen LogP contribution in [0.1, 0.15) is 74.3 Å². The molecule has 1 saturated heterocycles. The lowest BCUT2D eigenvalue weighted by atomic mass is 9.48. The topological polar surface area (TPSA) is 136 Å². The van der Waals surface area contributed by atoms with E-state index in [0.717, 1.165) is 57.5 Å². The van der Waals surface area contributed by atoms with E-state index in [0.29, 0.717) is 44.5 Å². The van der Waals surface area contributed by atoms with Gasteiger partial charge in [0.1, 0.15) is 17.6 Å². The number of aliphatic hydroxyl groups excluding tert-OH is 1. The van der Waals surface area contributed by atoms with Crippen LogP contribution in [-0.2, 0) is 31.0 Å². The number of anilines is 1. The van der Waals surface area contributed by atoms with Gasteiger partial charge in [-0.1, -0.05) is 44.2 Å². The van der Waals surface area contributed by atoms with Gasteiger partial charge >= 0.3 is 5.97 Å². The van der Waals surface area contributed by atoms with Crippen LogP contribution in [0.3, 0.4) is 0 Å². The Kier molecular flexibility index (Phi) is 8.62. The number of likely N-dealkylation sites (N-methyl/N-ethyl adjacent to an activating group) is 1. The minimum Gasteiger partial charge on any atom is -0.496 e. The number of fused-ring (bicyclic) bond motifs is 4. The van der Waals surface area contributed by atoms with Crippen LogP contribution < -0.4 is 9.64 Å². The molecule has 280 valence electrons. The zero-order chi connectivity index (χ0) is 37.4. The molecule has 2 aromatic carbocycles. The predicted octanol–water partition coefficient (Wildman–Crippen LogP) is 4.34. The Morgan fingerprint density at radius 2 is 1.92 bits per heavy atom. The van der Waals surface area contributed by atoms with Crippen molar-refractivity contribution in [1.29, 1.82) is 0 Å². The lowest BCUT2D eigenvalue weighted by molar-refractivity contribution is -0.218. The van der Waals surface area contributed by atoms with Crippen LogP contribution in [0, 0.1) is 5.41 Å². The number of aromatic nitrogens is 1. The second kappa shape index (κ2) is 12.8. The average Bonchev–Trinajstić information content (AvgIpc) is 3.82. The molecule has 3 aromatic rings. The molecule has 1 aliphatic carbocycles. The van der Waals surface area contributed by atoms with E-state index in [2.05, 4.69) is 28.1 Å². The number of H-pyrrole nitrogens is 1. The Morgan fingerprint density at radius 3 is 2.64 bits per heavy atom. The van der Waals surface area contributed by atoms with Crippen molar-refractivity contribution in [1.82, 2.24) is 14.8 Å². The van der Waals surface area contributed by atoms with Crippen molar-refractivity contribution in [3.63, 3.8) is 0 Å². The Morgan fingerprint density at radius 1 is 1.13 bits per heavy atom. The fourth-order valence-electron chi connectivity index (χ4n) is 11.3. The number of carbonyl (C=O) groups excluding carboxylic acids is 3. The molecule has 4 aliphatic heterocycles. The van der Waals surface area contributed by atoms with Gasteiger partial charge < -0.3 is 34.5 Å². The first-order chi connectivity index (χ1) is 25.5. The van der Waals surface area contributed by atoms with Gasteiger partial charge in [0, 0.05) is 95.9 Å². The van der Waals surface area contributed by atoms with Crippen molar-refractivity contribution in [3.05, 3.63) is 82.7 Å². The summed E-state index contributed by atoms with van der Waals surface area (Å²) in [5.41, 5.74) is 2.46. The summed E-state index contributed by atoms with van der Waals surface area (Å²) >= 11 is 0. The number of methoxy groups -OCH3 is 2. The lowest BCUT2D eigenvalue weighted by Crippen LogP contribution is -2.80. The molecule has 1 saturated carbocycles. The second-order valence-corrected chi connectivity index (χ2v) is 15.7. The molecule has 1 aromatic heterocycles. The van der Waals surface area contributed by atoms with E-state index in [1.54, 1.807) is 12.0 Å². The van der Waals surface area contributed by atoms with Gasteiger partial charge in [-0.2, -0.15) is 0 Å². The Hall–Kier alpha value is -4.45. The third kappa shape index (κ3) is 4.79. The quantitative estimate of drug-likeness (QED) is 0.193. The van der Waals surface area contributed by atoms with Crippen LogP contribution in [0.15, 0.2) is 60.3 Å². The number of nitrogens with one attached hydrogen (secondary N) is 1. The van der Waals surface area contributed by atoms with Crippen molar-refractivity contribution in [2.24, 2.45) is 5.41 Å². The highest BCUT2D eigenvalue weighted by molar-refractivity contribution is 5.89. The number of aliphatic hydroxyl groups is 2. The predicted molar refractivity (Wildman–Crippen MR) is 201 cm³/mol. The van der Waals surface area contributed by atoms with Crippen molar-refractivity contribution in [2.45, 2.75) is 87.5 Å². The maximum atomic E-state index is 14.2. The van der Waals surface area contributed by atoms with Crippen molar-refractivity contribution in [2.75, 3.05) is 45.8 Å². The Bertz CT molecular complexity index is 2060. The molecule has 53 heavy (non-hydrogen) atoms. The number of allylic oxidation sites excluding steroid dienone is 1. The molecule has 8 rings (SSSR count). The normalized spacial score (nSPS) is 33.3. The number of rotatable bonds is 6. The number of hydrogen-bond donors (Lipinski definition) is 3. The van der Waals surface area contributed by atoms with Crippen molar-refractivity contribution in [3.8, 4) is 5.75 Å². The monoisotopic (exact) mass is 722 g/mol. The van der Waals surface area contributed by atoms with Crippen molar-refractivity contribution >= 4 is 34.8 Å². The third-order valence-corrected chi connectivity index (χ3v) is 13.5. The molecular weight excluding hydrogens is 672 g/mol. The molecule has 3 N–H and O–H groups in total. The van der Waals surface area contributed by atoms with E-state index in [1.807, 2.05) is 62.3 Å². The van der Waals surface area contributed by atoms with Crippen LogP contribution in [0.25, 0.3) is 10.9 Å². The van der Waals surface area contributed by atoms with Crippen molar-refractivity contribution < 1.29 is 34.1 Å². The van der Waals surface area contributed by atoms with Gasteiger partial charge in [0.2, 0.25) is 12.0 Å². The van der Waals surface area contributed by atoms with Gasteiger partial charge in [0.05, 0.1) is 20.3 Å². The number of nitrogens with zero attached hydrogens (tertiary/aromatic N) is 3. The van der Waals surface area contributed by atoms with Crippen LogP contribution >= 0.6 is 0 Å². The van der Waals surface area contributed by atoms with Gasteiger partial charge in [0.25, 0.3) is 0 Å². The van der Waals surface area contributed by atoms with Crippen LogP contribution in [0.5, 0.6) is 5.75 Å². The fraction of sp³-hybridized carbons (Fsp3) is 0.500. The first-order valence-corrected chi connectivity index (χ1v) is 18.9. The summed E-state index contributed by atoms with van der Waals surface area (Å²) in [5, 5.41) is 26.1. The van der Waals surface area contributed by atoms with Gasteiger partial charge in [-0.25, -0.2) is 4.79 Å². The van der Waals surface area contributed by atoms with Gasteiger partial charge in [-0.05, 0) is 61.1 Å². The van der Waals surface area contributed by atoms with Gasteiger partial charge in [-0.15, -0.1) is 0 Å². The summed E-state index contributed by atoms with van der Waals surface area (Å²) in [7, 11) is 4.77. The van der Waals surface area contributed by atoms with E-state index < -0.39 is 40.5 Å².